The van der Waals surface area contributed by atoms with Gasteiger partial charge in [-0.05, 0) is 18.4 Å². The van der Waals surface area contributed by atoms with Crippen molar-refractivity contribution in [3.05, 3.63) is 35.9 Å². The van der Waals surface area contributed by atoms with Crippen LogP contribution in [0.3, 0.4) is 0 Å². The first-order chi connectivity index (χ1) is 9.74. The maximum Gasteiger partial charge on any atom is 0.193 e. The Bertz CT molecular complexity index is 377. The maximum atomic E-state index is 8.72. The lowest BCUT2D eigenvalue weighted by molar-refractivity contribution is 0.282. The highest BCUT2D eigenvalue weighted by molar-refractivity contribution is 5.79. The molecule has 4 heteroatoms. The second-order valence-corrected chi connectivity index (χ2v) is 5.08. The summed E-state index contributed by atoms with van der Waals surface area (Å²) in [7, 11) is 4.01. The van der Waals surface area contributed by atoms with Crippen LogP contribution in [0.4, 0.5) is 0 Å². The summed E-state index contributed by atoms with van der Waals surface area (Å²) in [6.45, 7) is 1.93. The molecule has 0 aromatic heterocycles. The van der Waals surface area contributed by atoms with Crippen LogP contribution in [0.2, 0.25) is 0 Å². The second kappa shape index (κ2) is 10.3. The molecule has 0 spiro atoms. The number of guanidine groups is 1. The third-order valence-electron chi connectivity index (χ3n) is 3.05. The largest absolute Gasteiger partial charge is 0.396 e. The molecule has 2 N–H and O–H groups in total. The minimum atomic E-state index is 0.301. The molecule has 0 fully saturated rings. The summed E-state index contributed by atoms with van der Waals surface area (Å²) in [4.78, 5) is 6.63. The molecule has 1 aromatic rings. The van der Waals surface area contributed by atoms with E-state index in [1.807, 2.05) is 37.2 Å². The average Bonchev–Trinajstić information content (AvgIpc) is 2.46. The molecule has 4 nitrogen and oxygen atoms in total. The van der Waals surface area contributed by atoms with Gasteiger partial charge in [0.2, 0.25) is 0 Å². The van der Waals surface area contributed by atoms with Crippen LogP contribution in [0.5, 0.6) is 0 Å². The van der Waals surface area contributed by atoms with Crippen molar-refractivity contribution in [2.45, 2.75) is 32.2 Å². The average molecular weight is 277 g/mol. The third kappa shape index (κ3) is 7.14. The Labute approximate surface area is 122 Å². The fourth-order valence-corrected chi connectivity index (χ4v) is 1.90. The van der Waals surface area contributed by atoms with E-state index in [2.05, 4.69) is 22.4 Å². The first kappa shape index (κ1) is 16.5. The molecule has 0 amide bonds. The number of aliphatic hydroxyl groups excluding tert-OH is 1. The van der Waals surface area contributed by atoms with Crippen molar-refractivity contribution in [1.29, 1.82) is 0 Å². The summed E-state index contributed by atoms with van der Waals surface area (Å²) >= 11 is 0. The third-order valence-corrected chi connectivity index (χ3v) is 3.05. The van der Waals surface area contributed by atoms with Crippen LogP contribution in [0.15, 0.2) is 35.3 Å². The van der Waals surface area contributed by atoms with Gasteiger partial charge in [0.25, 0.3) is 0 Å². The Morgan fingerprint density at radius 1 is 1.10 bits per heavy atom. The van der Waals surface area contributed by atoms with E-state index in [1.165, 1.54) is 5.56 Å². The normalized spacial score (nSPS) is 11.4. The molecule has 0 saturated carbocycles. The van der Waals surface area contributed by atoms with Crippen LogP contribution in [-0.2, 0) is 6.54 Å². The smallest absolute Gasteiger partial charge is 0.193 e. The van der Waals surface area contributed by atoms with E-state index in [9.17, 15) is 0 Å². The number of benzene rings is 1. The predicted octanol–water partition coefficient (Wildman–Crippen LogP) is 2.25. The van der Waals surface area contributed by atoms with Gasteiger partial charge in [-0.25, -0.2) is 4.99 Å². The van der Waals surface area contributed by atoms with Gasteiger partial charge in [-0.3, -0.25) is 0 Å². The van der Waals surface area contributed by atoms with Gasteiger partial charge in [-0.1, -0.05) is 43.2 Å². The monoisotopic (exact) mass is 277 g/mol. The highest BCUT2D eigenvalue weighted by Crippen LogP contribution is 2.01. The van der Waals surface area contributed by atoms with Gasteiger partial charge in [0.1, 0.15) is 0 Å². The van der Waals surface area contributed by atoms with Crippen molar-refractivity contribution < 1.29 is 5.11 Å². The molecule has 0 heterocycles. The molecule has 0 saturated heterocycles. The van der Waals surface area contributed by atoms with Crippen LogP contribution in [0.1, 0.15) is 31.2 Å². The zero-order valence-electron chi connectivity index (χ0n) is 12.7. The van der Waals surface area contributed by atoms with E-state index in [0.717, 1.165) is 38.2 Å². The van der Waals surface area contributed by atoms with Crippen molar-refractivity contribution in [1.82, 2.24) is 10.2 Å². The van der Waals surface area contributed by atoms with Crippen LogP contribution >= 0.6 is 0 Å². The van der Waals surface area contributed by atoms with Crippen molar-refractivity contribution >= 4 is 5.96 Å². The first-order valence-electron chi connectivity index (χ1n) is 7.34. The van der Waals surface area contributed by atoms with Gasteiger partial charge in [0, 0.05) is 27.2 Å². The van der Waals surface area contributed by atoms with Gasteiger partial charge >= 0.3 is 0 Å². The first-order valence-corrected chi connectivity index (χ1v) is 7.34. The molecule has 0 radical (unpaired) electrons. The SMILES string of the molecule is CN(C)C(=NCc1ccccc1)NCCCCCCO. The highest BCUT2D eigenvalue weighted by atomic mass is 16.2. The molecule has 0 atom stereocenters. The Balaban J connectivity index is 2.32. The van der Waals surface area contributed by atoms with Crippen LogP contribution in [0, 0.1) is 0 Å². The van der Waals surface area contributed by atoms with Gasteiger partial charge in [0.05, 0.1) is 6.54 Å². The molecule has 112 valence electrons. The van der Waals surface area contributed by atoms with Crippen molar-refractivity contribution in [3.8, 4) is 0 Å². The lowest BCUT2D eigenvalue weighted by Crippen LogP contribution is -2.37. The summed E-state index contributed by atoms with van der Waals surface area (Å²) in [5.41, 5.74) is 1.22. The number of rotatable bonds is 8. The number of unbranched alkanes of at least 4 members (excludes halogenated alkanes) is 3. The van der Waals surface area contributed by atoms with E-state index in [1.54, 1.807) is 0 Å². The Morgan fingerprint density at radius 2 is 1.80 bits per heavy atom. The minimum absolute atomic E-state index is 0.301. The van der Waals surface area contributed by atoms with Crippen LogP contribution in [-0.4, -0.2) is 43.2 Å². The number of hydrogen-bond acceptors (Lipinski definition) is 2. The number of nitrogens with zero attached hydrogens (tertiary/aromatic N) is 2. The van der Waals surface area contributed by atoms with Gasteiger partial charge < -0.3 is 15.3 Å². The zero-order valence-corrected chi connectivity index (χ0v) is 12.7. The van der Waals surface area contributed by atoms with E-state index in [-0.39, 0.29) is 0 Å². The molecule has 0 aliphatic carbocycles. The molecule has 0 aliphatic rings. The molecule has 0 bridgehead atoms. The zero-order chi connectivity index (χ0) is 14.6. The molecule has 20 heavy (non-hydrogen) atoms. The van der Waals surface area contributed by atoms with Crippen LogP contribution in [0.25, 0.3) is 0 Å². The van der Waals surface area contributed by atoms with Crippen molar-refractivity contribution in [3.63, 3.8) is 0 Å². The summed E-state index contributed by atoms with van der Waals surface area (Å²) in [5, 5.41) is 12.1. The summed E-state index contributed by atoms with van der Waals surface area (Å²) in [6, 6.07) is 10.3. The Kier molecular flexibility index (Phi) is 8.47. The maximum absolute atomic E-state index is 8.72. The lowest BCUT2D eigenvalue weighted by Gasteiger charge is -2.17. The molecule has 0 aliphatic heterocycles. The summed E-state index contributed by atoms with van der Waals surface area (Å²) in [5.74, 6) is 0.927. The van der Waals surface area contributed by atoms with Crippen LogP contribution < -0.4 is 5.32 Å². The van der Waals surface area contributed by atoms with Crippen molar-refractivity contribution in [2.75, 3.05) is 27.2 Å². The van der Waals surface area contributed by atoms with E-state index in [4.69, 9.17) is 5.11 Å². The summed E-state index contributed by atoms with van der Waals surface area (Å²) in [6.07, 6.45) is 4.25. The number of nitrogens with one attached hydrogen (secondary N) is 1. The Morgan fingerprint density at radius 3 is 2.45 bits per heavy atom. The van der Waals surface area contributed by atoms with Crippen molar-refractivity contribution in [2.24, 2.45) is 4.99 Å². The van der Waals surface area contributed by atoms with Gasteiger partial charge in [-0.2, -0.15) is 0 Å². The number of hydrogen-bond donors (Lipinski definition) is 2. The minimum Gasteiger partial charge on any atom is -0.396 e. The molecule has 0 unspecified atom stereocenters. The predicted molar refractivity (Wildman–Crippen MR) is 84.8 cm³/mol. The molecular weight excluding hydrogens is 250 g/mol. The number of aliphatic imine (C=N–C) groups is 1. The topological polar surface area (TPSA) is 47.9 Å². The Hall–Kier alpha value is -1.55. The van der Waals surface area contributed by atoms with E-state index >= 15 is 0 Å². The standard InChI is InChI=1S/C16H27N3O/c1-19(2)16(17-12-8-3-4-9-13-20)18-14-15-10-6-5-7-11-15/h5-7,10-11,20H,3-4,8-9,12-14H2,1-2H3,(H,17,18). The van der Waals surface area contributed by atoms with Gasteiger partial charge in [-0.15, -0.1) is 0 Å². The van der Waals surface area contributed by atoms with E-state index in [0.29, 0.717) is 13.2 Å². The fraction of sp³-hybridized carbons (Fsp3) is 0.562. The molecular formula is C16H27N3O. The molecule has 1 aromatic carbocycles. The second-order valence-electron chi connectivity index (χ2n) is 5.08. The van der Waals surface area contributed by atoms with Gasteiger partial charge in [0.15, 0.2) is 5.96 Å². The van der Waals surface area contributed by atoms with E-state index < -0.39 is 0 Å². The molecule has 1 rings (SSSR count). The highest BCUT2D eigenvalue weighted by Gasteiger charge is 2.00. The summed E-state index contributed by atoms with van der Waals surface area (Å²) < 4.78 is 0. The lowest BCUT2D eigenvalue weighted by atomic mass is 10.2. The quantitative estimate of drug-likeness (QED) is 0.435. The fourth-order valence-electron chi connectivity index (χ4n) is 1.90. The number of aliphatic hydroxyl groups is 1.